The Hall–Kier alpha value is -2.58. The molecule has 0 amide bonds. The third-order valence-corrected chi connectivity index (χ3v) is 5.80. The zero-order valence-corrected chi connectivity index (χ0v) is 16.1. The van der Waals surface area contributed by atoms with Gasteiger partial charge >= 0.3 is 5.97 Å². The summed E-state index contributed by atoms with van der Waals surface area (Å²) in [6, 6.07) is 11.6. The molecule has 0 aliphatic carbocycles. The van der Waals surface area contributed by atoms with Gasteiger partial charge in [-0.15, -0.1) is 0 Å². The summed E-state index contributed by atoms with van der Waals surface area (Å²) in [5.41, 5.74) is 2.34. The van der Waals surface area contributed by atoms with E-state index in [1.54, 1.807) is 25.1 Å². The van der Waals surface area contributed by atoms with Gasteiger partial charge in [0.25, 0.3) is 10.0 Å². The van der Waals surface area contributed by atoms with Gasteiger partial charge in [0, 0.05) is 24.5 Å². The second-order valence-electron chi connectivity index (χ2n) is 6.22. The first-order valence-electron chi connectivity index (χ1n) is 8.55. The SMILES string of the molecule is COC(=O)c1cc(S(=O)(=O)Nc2ccc(N3CCOCC3)cc2)ccc1C. The number of aryl methyl sites for hydroxylation is 1. The fourth-order valence-electron chi connectivity index (χ4n) is 2.87. The third kappa shape index (κ3) is 4.40. The number of carbonyl (C=O) groups is 1. The molecule has 7 nitrogen and oxygen atoms in total. The van der Waals surface area contributed by atoms with E-state index in [2.05, 4.69) is 9.62 Å². The van der Waals surface area contributed by atoms with Gasteiger partial charge in [-0.25, -0.2) is 13.2 Å². The minimum Gasteiger partial charge on any atom is -0.465 e. The number of hydrogen-bond acceptors (Lipinski definition) is 6. The van der Waals surface area contributed by atoms with Crippen LogP contribution >= 0.6 is 0 Å². The maximum atomic E-state index is 12.7. The molecule has 0 aromatic heterocycles. The van der Waals surface area contributed by atoms with Gasteiger partial charge < -0.3 is 14.4 Å². The number of esters is 1. The lowest BCUT2D eigenvalue weighted by Crippen LogP contribution is -2.36. The molecule has 2 aromatic carbocycles. The summed E-state index contributed by atoms with van der Waals surface area (Å²) in [7, 11) is -2.56. The Balaban J connectivity index is 1.79. The van der Waals surface area contributed by atoms with E-state index in [1.165, 1.54) is 19.2 Å². The van der Waals surface area contributed by atoms with Crippen molar-refractivity contribution >= 4 is 27.4 Å². The maximum Gasteiger partial charge on any atom is 0.338 e. The summed E-state index contributed by atoms with van der Waals surface area (Å²) in [6.45, 7) is 4.71. The molecule has 2 aromatic rings. The van der Waals surface area contributed by atoms with Crippen molar-refractivity contribution in [3.05, 3.63) is 53.6 Å². The zero-order chi connectivity index (χ0) is 19.4. The van der Waals surface area contributed by atoms with Crippen LogP contribution in [0.4, 0.5) is 11.4 Å². The largest absolute Gasteiger partial charge is 0.465 e. The normalized spacial score (nSPS) is 14.7. The van der Waals surface area contributed by atoms with Gasteiger partial charge in [0.1, 0.15) is 0 Å². The average molecular weight is 390 g/mol. The lowest BCUT2D eigenvalue weighted by Gasteiger charge is -2.28. The fraction of sp³-hybridized carbons (Fsp3) is 0.316. The molecule has 0 unspecified atom stereocenters. The Morgan fingerprint density at radius 3 is 2.41 bits per heavy atom. The second-order valence-corrected chi connectivity index (χ2v) is 7.90. The zero-order valence-electron chi connectivity index (χ0n) is 15.3. The van der Waals surface area contributed by atoms with E-state index < -0.39 is 16.0 Å². The van der Waals surface area contributed by atoms with E-state index in [-0.39, 0.29) is 10.5 Å². The first-order valence-corrected chi connectivity index (χ1v) is 10.0. The Labute approximate surface area is 158 Å². The molecule has 8 heteroatoms. The molecule has 0 bridgehead atoms. The Kier molecular flexibility index (Phi) is 5.67. The molecular formula is C19H22N2O5S. The molecule has 1 aliphatic rings. The van der Waals surface area contributed by atoms with Gasteiger partial charge in [0.2, 0.25) is 0 Å². The fourth-order valence-corrected chi connectivity index (χ4v) is 3.96. The van der Waals surface area contributed by atoms with E-state index >= 15 is 0 Å². The van der Waals surface area contributed by atoms with Crippen LogP contribution in [-0.2, 0) is 19.5 Å². The first-order chi connectivity index (χ1) is 12.9. The predicted molar refractivity (Wildman–Crippen MR) is 103 cm³/mol. The number of methoxy groups -OCH3 is 1. The van der Waals surface area contributed by atoms with Crippen LogP contribution in [-0.4, -0.2) is 47.8 Å². The highest BCUT2D eigenvalue weighted by molar-refractivity contribution is 7.92. The van der Waals surface area contributed by atoms with Crippen LogP contribution in [0.25, 0.3) is 0 Å². The molecule has 3 rings (SSSR count). The van der Waals surface area contributed by atoms with E-state index in [0.717, 1.165) is 18.8 Å². The maximum absolute atomic E-state index is 12.7. The number of nitrogens with one attached hydrogen (secondary N) is 1. The van der Waals surface area contributed by atoms with E-state index in [0.29, 0.717) is 24.5 Å². The first kappa shape index (κ1) is 19.2. The van der Waals surface area contributed by atoms with Gasteiger partial charge in [-0.1, -0.05) is 6.07 Å². The van der Waals surface area contributed by atoms with Crippen molar-refractivity contribution in [1.82, 2.24) is 0 Å². The quantitative estimate of drug-likeness (QED) is 0.790. The van der Waals surface area contributed by atoms with Gasteiger partial charge in [0.15, 0.2) is 0 Å². The molecular weight excluding hydrogens is 368 g/mol. The van der Waals surface area contributed by atoms with Crippen LogP contribution in [0.5, 0.6) is 0 Å². The van der Waals surface area contributed by atoms with Crippen molar-refractivity contribution in [2.75, 3.05) is 43.0 Å². The molecule has 1 fully saturated rings. The van der Waals surface area contributed by atoms with Gasteiger partial charge in [0.05, 0.1) is 30.8 Å². The summed E-state index contributed by atoms with van der Waals surface area (Å²) in [6.07, 6.45) is 0. The molecule has 0 spiro atoms. The average Bonchev–Trinajstić information content (AvgIpc) is 2.68. The highest BCUT2D eigenvalue weighted by Crippen LogP contribution is 2.23. The molecule has 1 saturated heterocycles. The van der Waals surface area contributed by atoms with Crippen molar-refractivity contribution in [1.29, 1.82) is 0 Å². The summed E-state index contributed by atoms with van der Waals surface area (Å²) in [5, 5.41) is 0. The summed E-state index contributed by atoms with van der Waals surface area (Å²) >= 11 is 0. The van der Waals surface area contributed by atoms with Gasteiger partial charge in [-0.3, -0.25) is 4.72 Å². The topological polar surface area (TPSA) is 84.9 Å². The Morgan fingerprint density at radius 2 is 1.78 bits per heavy atom. The minimum absolute atomic E-state index is 0.00533. The van der Waals surface area contributed by atoms with Crippen molar-refractivity contribution in [2.45, 2.75) is 11.8 Å². The number of anilines is 2. The highest BCUT2D eigenvalue weighted by Gasteiger charge is 2.19. The number of nitrogens with zero attached hydrogens (tertiary/aromatic N) is 1. The van der Waals surface area contributed by atoms with Crippen molar-refractivity contribution < 1.29 is 22.7 Å². The molecule has 144 valence electrons. The molecule has 0 atom stereocenters. The van der Waals surface area contributed by atoms with Gasteiger partial charge in [-0.2, -0.15) is 0 Å². The molecule has 27 heavy (non-hydrogen) atoms. The van der Waals surface area contributed by atoms with E-state index in [4.69, 9.17) is 9.47 Å². The summed E-state index contributed by atoms with van der Waals surface area (Å²) in [4.78, 5) is 14.0. The standard InChI is InChI=1S/C19H22N2O5S/c1-14-3-8-17(13-18(14)19(22)25-2)27(23,24)20-15-4-6-16(7-5-15)21-9-11-26-12-10-21/h3-8,13,20H,9-12H2,1-2H3. The van der Waals surface area contributed by atoms with Gasteiger partial charge in [-0.05, 0) is 48.9 Å². The number of hydrogen-bond donors (Lipinski definition) is 1. The van der Waals surface area contributed by atoms with Crippen molar-refractivity contribution in [2.24, 2.45) is 0 Å². The number of benzene rings is 2. The Morgan fingerprint density at radius 1 is 1.11 bits per heavy atom. The Bertz CT molecular complexity index is 920. The lowest BCUT2D eigenvalue weighted by molar-refractivity contribution is 0.0599. The third-order valence-electron chi connectivity index (χ3n) is 4.42. The van der Waals surface area contributed by atoms with Crippen molar-refractivity contribution in [3.8, 4) is 0 Å². The van der Waals surface area contributed by atoms with Crippen LogP contribution in [0, 0.1) is 6.92 Å². The molecule has 1 N–H and O–H groups in total. The smallest absolute Gasteiger partial charge is 0.338 e. The lowest BCUT2D eigenvalue weighted by atomic mass is 10.1. The van der Waals surface area contributed by atoms with E-state index in [9.17, 15) is 13.2 Å². The number of sulfonamides is 1. The van der Waals surface area contributed by atoms with Crippen LogP contribution in [0.15, 0.2) is 47.4 Å². The van der Waals surface area contributed by atoms with Crippen molar-refractivity contribution in [3.63, 3.8) is 0 Å². The molecule has 1 aliphatic heterocycles. The molecule has 0 radical (unpaired) electrons. The highest BCUT2D eigenvalue weighted by atomic mass is 32.2. The van der Waals surface area contributed by atoms with Crippen LogP contribution in [0.1, 0.15) is 15.9 Å². The molecule has 1 heterocycles. The summed E-state index contributed by atoms with van der Waals surface area (Å²) < 4.78 is 37.9. The monoisotopic (exact) mass is 390 g/mol. The summed E-state index contributed by atoms with van der Waals surface area (Å²) in [5.74, 6) is -0.570. The number of carbonyl (C=O) groups excluding carboxylic acids is 1. The predicted octanol–water partition coefficient (Wildman–Crippen LogP) is 2.42. The number of ether oxygens (including phenoxy) is 2. The number of rotatable bonds is 5. The van der Waals surface area contributed by atoms with Crippen LogP contribution in [0.2, 0.25) is 0 Å². The van der Waals surface area contributed by atoms with Crippen LogP contribution < -0.4 is 9.62 Å². The minimum atomic E-state index is -3.82. The second kappa shape index (κ2) is 7.98. The number of morpholine rings is 1. The molecule has 0 saturated carbocycles. The van der Waals surface area contributed by atoms with Crippen LogP contribution in [0.3, 0.4) is 0 Å². The van der Waals surface area contributed by atoms with E-state index in [1.807, 2.05) is 12.1 Å².